The van der Waals surface area contributed by atoms with E-state index in [1.807, 2.05) is 48.6 Å². The molecule has 5 nitrogen and oxygen atoms in total. The Labute approximate surface area is 150 Å². The third-order valence-corrected chi connectivity index (χ3v) is 4.76. The zero-order valence-corrected chi connectivity index (χ0v) is 14.0. The Hall–Kier alpha value is -3.21. The van der Waals surface area contributed by atoms with Gasteiger partial charge in [-0.1, -0.05) is 24.3 Å². The Morgan fingerprint density at radius 1 is 0.692 bits per heavy atom. The molecule has 0 spiro atoms. The Kier molecular flexibility index (Phi) is 3.45. The van der Waals surface area contributed by atoms with Crippen molar-refractivity contribution in [3.8, 4) is 23.0 Å². The van der Waals surface area contributed by atoms with Gasteiger partial charge < -0.3 is 18.9 Å². The fraction of sp³-hybridized carbons (Fsp3) is 0.190. The summed E-state index contributed by atoms with van der Waals surface area (Å²) in [5.74, 6) is 2.92. The molecule has 2 aliphatic heterocycles. The number of Topliss-reactive ketones (excluding diaryl/α,β-unsaturated/α-hetero) is 1. The summed E-state index contributed by atoms with van der Waals surface area (Å²) in [6.07, 6.45) is 5.24. The smallest absolute Gasteiger partial charge is 0.231 e. The summed E-state index contributed by atoms with van der Waals surface area (Å²) in [5, 5.41) is 0. The molecule has 1 aliphatic carbocycles. The van der Waals surface area contributed by atoms with Gasteiger partial charge in [-0.25, -0.2) is 0 Å². The van der Waals surface area contributed by atoms with Crippen LogP contribution in [0.5, 0.6) is 23.0 Å². The van der Waals surface area contributed by atoms with E-state index in [0.717, 1.165) is 33.8 Å². The van der Waals surface area contributed by atoms with Crippen molar-refractivity contribution in [3.63, 3.8) is 0 Å². The Bertz CT molecular complexity index is 893. The number of para-hydroxylation sites is 2. The van der Waals surface area contributed by atoms with Gasteiger partial charge in [-0.2, -0.15) is 0 Å². The number of carbonyl (C=O) groups excluding carboxylic acids is 1. The maximum absolute atomic E-state index is 12.8. The van der Waals surface area contributed by atoms with Crippen LogP contribution >= 0.6 is 0 Å². The lowest BCUT2D eigenvalue weighted by Gasteiger charge is -2.03. The van der Waals surface area contributed by atoms with Gasteiger partial charge in [0.2, 0.25) is 13.6 Å². The first kappa shape index (κ1) is 15.1. The van der Waals surface area contributed by atoms with Crippen LogP contribution in [0.25, 0.3) is 12.2 Å². The molecule has 5 rings (SSSR count). The quantitative estimate of drug-likeness (QED) is 0.769. The van der Waals surface area contributed by atoms with E-state index >= 15 is 0 Å². The number of rotatable bonds is 2. The van der Waals surface area contributed by atoms with Crippen molar-refractivity contribution in [1.82, 2.24) is 0 Å². The third-order valence-electron chi connectivity index (χ3n) is 4.76. The van der Waals surface area contributed by atoms with Crippen LogP contribution in [0.15, 0.2) is 47.5 Å². The lowest BCUT2D eigenvalue weighted by atomic mass is 10.1. The highest BCUT2D eigenvalue weighted by atomic mass is 16.7. The zero-order valence-electron chi connectivity index (χ0n) is 14.0. The lowest BCUT2D eigenvalue weighted by Crippen LogP contribution is -1.97. The van der Waals surface area contributed by atoms with Crippen molar-refractivity contribution in [1.29, 1.82) is 0 Å². The second-order valence-electron chi connectivity index (χ2n) is 6.33. The van der Waals surface area contributed by atoms with E-state index in [9.17, 15) is 4.79 Å². The number of ether oxygens (including phenoxy) is 4. The molecule has 0 aromatic heterocycles. The van der Waals surface area contributed by atoms with Crippen molar-refractivity contribution >= 4 is 17.9 Å². The molecule has 2 aromatic rings. The number of carbonyl (C=O) groups is 1. The van der Waals surface area contributed by atoms with Crippen molar-refractivity contribution in [3.05, 3.63) is 58.7 Å². The predicted octanol–water partition coefficient (Wildman–Crippen LogP) is 3.97. The minimum Gasteiger partial charge on any atom is -0.454 e. The van der Waals surface area contributed by atoms with E-state index in [4.69, 9.17) is 18.9 Å². The monoisotopic (exact) mass is 348 g/mol. The highest BCUT2D eigenvalue weighted by Gasteiger charge is 2.26. The standard InChI is InChI=1S/C21H16O5/c22-19-13(9-15-3-1-5-17-20(15)25-11-23-17)7-8-14(19)10-16-4-2-6-18-21(16)26-12-24-18/h1-6,9-10H,7-8,11-12H2/b13-9+,14-10+. The molecule has 0 bridgehead atoms. The first-order valence-corrected chi connectivity index (χ1v) is 8.53. The van der Waals surface area contributed by atoms with Crippen LogP contribution < -0.4 is 18.9 Å². The number of benzene rings is 2. The van der Waals surface area contributed by atoms with Gasteiger partial charge in [0.05, 0.1) is 0 Å². The maximum Gasteiger partial charge on any atom is 0.231 e. The van der Waals surface area contributed by atoms with Crippen LogP contribution in [0, 0.1) is 0 Å². The van der Waals surface area contributed by atoms with Crippen LogP contribution in [0.2, 0.25) is 0 Å². The molecule has 0 atom stereocenters. The molecule has 2 heterocycles. The van der Waals surface area contributed by atoms with Gasteiger partial charge in [-0.3, -0.25) is 4.79 Å². The zero-order chi connectivity index (χ0) is 17.5. The lowest BCUT2D eigenvalue weighted by molar-refractivity contribution is -0.111. The van der Waals surface area contributed by atoms with E-state index in [-0.39, 0.29) is 19.4 Å². The summed E-state index contributed by atoms with van der Waals surface area (Å²) in [6.45, 7) is 0.436. The first-order chi connectivity index (χ1) is 12.8. The number of allylic oxidation sites excluding steroid dienone is 2. The summed E-state index contributed by atoms with van der Waals surface area (Å²) in [5.41, 5.74) is 3.32. The highest BCUT2D eigenvalue weighted by Crippen LogP contribution is 2.40. The number of fused-ring (bicyclic) bond motifs is 2. The molecule has 130 valence electrons. The summed E-state index contributed by atoms with van der Waals surface area (Å²) in [7, 11) is 0. The van der Waals surface area contributed by atoms with E-state index in [2.05, 4.69) is 0 Å². The van der Waals surface area contributed by atoms with Crippen LogP contribution in [-0.4, -0.2) is 19.4 Å². The molecular formula is C21H16O5. The molecule has 26 heavy (non-hydrogen) atoms. The maximum atomic E-state index is 12.8. The molecule has 0 N–H and O–H groups in total. The van der Waals surface area contributed by atoms with Crippen molar-refractivity contribution < 1.29 is 23.7 Å². The number of hydrogen-bond acceptors (Lipinski definition) is 5. The normalized spacial score (nSPS) is 20.4. The fourth-order valence-corrected chi connectivity index (χ4v) is 3.49. The van der Waals surface area contributed by atoms with Crippen molar-refractivity contribution in [2.75, 3.05) is 13.6 Å². The molecule has 3 aliphatic rings. The van der Waals surface area contributed by atoms with Crippen LogP contribution in [0.3, 0.4) is 0 Å². The van der Waals surface area contributed by atoms with Gasteiger partial charge in [0, 0.05) is 22.3 Å². The molecule has 0 saturated heterocycles. The van der Waals surface area contributed by atoms with E-state index in [1.165, 1.54) is 0 Å². The minimum absolute atomic E-state index is 0.0676. The van der Waals surface area contributed by atoms with Crippen LogP contribution in [0.4, 0.5) is 0 Å². The van der Waals surface area contributed by atoms with E-state index in [0.29, 0.717) is 24.3 Å². The second-order valence-corrected chi connectivity index (χ2v) is 6.33. The highest BCUT2D eigenvalue weighted by molar-refractivity contribution is 6.15. The Morgan fingerprint density at radius 3 is 1.69 bits per heavy atom. The topological polar surface area (TPSA) is 54.0 Å². The molecule has 1 saturated carbocycles. The molecule has 0 amide bonds. The largest absolute Gasteiger partial charge is 0.454 e. The molecule has 0 radical (unpaired) electrons. The van der Waals surface area contributed by atoms with E-state index in [1.54, 1.807) is 0 Å². The fourth-order valence-electron chi connectivity index (χ4n) is 3.49. The molecule has 1 fully saturated rings. The molecule has 5 heteroatoms. The van der Waals surface area contributed by atoms with Crippen LogP contribution in [0.1, 0.15) is 24.0 Å². The average Bonchev–Trinajstić information content (AvgIpc) is 3.38. The van der Waals surface area contributed by atoms with Crippen molar-refractivity contribution in [2.45, 2.75) is 12.8 Å². The summed E-state index contributed by atoms with van der Waals surface area (Å²) in [6, 6.07) is 11.4. The summed E-state index contributed by atoms with van der Waals surface area (Å²) >= 11 is 0. The van der Waals surface area contributed by atoms with Gasteiger partial charge in [0.1, 0.15) is 0 Å². The summed E-state index contributed by atoms with van der Waals surface area (Å²) < 4.78 is 21.8. The number of hydrogen-bond donors (Lipinski definition) is 0. The molecule has 2 aromatic carbocycles. The molecule has 0 unspecified atom stereocenters. The van der Waals surface area contributed by atoms with Crippen LogP contribution in [-0.2, 0) is 4.79 Å². The average molecular weight is 348 g/mol. The first-order valence-electron chi connectivity index (χ1n) is 8.53. The Balaban J connectivity index is 1.46. The predicted molar refractivity (Wildman–Crippen MR) is 95.3 cm³/mol. The van der Waals surface area contributed by atoms with E-state index < -0.39 is 0 Å². The van der Waals surface area contributed by atoms with Gasteiger partial charge >= 0.3 is 0 Å². The SMILES string of the molecule is O=C1/C(=C/c2cccc3c2OCO3)CC/C1=C\c1cccc2c1OCO2. The van der Waals surface area contributed by atoms with Gasteiger partial charge in [0.25, 0.3) is 0 Å². The molecular weight excluding hydrogens is 332 g/mol. The summed E-state index contributed by atoms with van der Waals surface area (Å²) in [4.78, 5) is 12.8. The second kappa shape index (κ2) is 5.95. The number of ketones is 1. The van der Waals surface area contributed by atoms with Gasteiger partial charge in [0.15, 0.2) is 28.8 Å². The third kappa shape index (κ3) is 2.44. The van der Waals surface area contributed by atoms with Gasteiger partial charge in [-0.15, -0.1) is 0 Å². The van der Waals surface area contributed by atoms with Crippen molar-refractivity contribution in [2.24, 2.45) is 0 Å². The Morgan fingerprint density at radius 2 is 1.19 bits per heavy atom. The van der Waals surface area contributed by atoms with Gasteiger partial charge in [-0.05, 0) is 37.1 Å². The minimum atomic E-state index is 0.0676.